The number of hydrogen-bond acceptors (Lipinski definition) is 3. The van der Waals surface area contributed by atoms with Gasteiger partial charge in [0.05, 0.1) is 11.3 Å². The van der Waals surface area contributed by atoms with Gasteiger partial charge in [-0.15, -0.1) is 0 Å². The van der Waals surface area contributed by atoms with E-state index < -0.39 is 29.1 Å². The van der Waals surface area contributed by atoms with Gasteiger partial charge in [0.15, 0.2) is 11.6 Å². The van der Waals surface area contributed by atoms with Crippen LogP contribution >= 0.6 is 0 Å². The minimum absolute atomic E-state index is 0.0563. The van der Waals surface area contributed by atoms with Gasteiger partial charge in [0.1, 0.15) is 0 Å². The number of rotatable bonds is 4. The number of aromatic carboxylic acids is 1. The summed E-state index contributed by atoms with van der Waals surface area (Å²) in [4.78, 5) is 26.1. The summed E-state index contributed by atoms with van der Waals surface area (Å²) in [5.74, 6) is -5.20. The Bertz CT molecular complexity index is 658. The van der Waals surface area contributed by atoms with Gasteiger partial charge in [-0.05, 0) is 23.6 Å². The van der Waals surface area contributed by atoms with Gasteiger partial charge >= 0.3 is 5.97 Å². The number of carbonyl (C=O) groups is 2. The summed E-state index contributed by atoms with van der Waals surface area (Å²) in [7, 11) is 0. The van der Waals surface area contributed by atoms with Crippen molar-refractivity contribution in [2.45, 2.75) is 6.42 Å². The average molecular weight is 296 g/mol. The number of azide groups is 1. The first kappa shape index (κ1) is 14.7. The fourth-order valence-electron chi connectivity index (χ4n) is 2.20. The van der Waals surface area contributed by atoms with Gasteiger partial charge in [0, 0.05) is 24.4 Å². The molecule has 1 heterocycles. The Morgan fingerprint density at radius 1 is 1.48 bits per heavy atom. The smallest absolute Gasteiger partial charge is 0.338 e. The quantitative estimate of drug-likeness (QED) is 0.523. The van der Waals surface area contributed by atoms with E-state index in [1.54, 1.807) is 0 Å². The van der Waals surface area contributed by atoms with Crippen LogP contribution in [0.5, 0.6) is 0 Å². The maximum atomic E-state index is 13.9. The number of hydrogen-bond donors (Lipinski definition) is 1. The summed E-state index contributed by atoms with van der Waals surface area (Å²) in [5.41, 5.74) is 7.12. The van der Waals surface area contributed by atoms with Gasteiger partial charge in [-0.3, -0.25) is 4.79 Å². The third kappa shape index (κ3) is 2.77. The van der Waals surface area contributed by atoms with Gasteiger partial charge in [0.25, 0.3) is 0 Å². The van der Waals surface area contributed by atoms with Crippen molar-refractivity contribution in [3.8, 4) is 0 Å². The highest BCUT2D eigenvalue weighted by Crippen LogP contribution is 2.30. The minimum Gasteiger partial charge on any atom is -0.478 e. The van der Waals surface area contributed by atoms with Gasteiger partial charge < -0.3 is 10.0 Å². The SMILES string of the molecule is [N-]=[N+]=NCC1CC(=O)N(c2ccc(C(=O)O)c(F)c2F)C1. The number of anilines is 1. The molecule has 0 saturated carbocycles. The molecule has 1 amide bonds. The van der Waals surface area contributed by atoms with Crippen LogP contribution in [-0.2, 0) is 4.79 Å². The van der Waals surface area contributed by atoms with Crippen molar-refractivity contribution in [2.24, 2.45) is 11.0 Å². The first-order valence-electron chi connectivity index (χ1n) is 5.98. The van der Waals surface area contributed by atoms with Crippen LogP contribution in [0, 0.1) is 17.6 Å². The summed E-state index contributed by atoms with van der Waals surface area (Å²) in [6.45, 7) is 0.163. The van der Waals surface area contributed by atoms with Crippen molar-refractivity contribution in [3.05, 3.63) is 39.8 Å². The highest BCUT2D eigenvalue weighted by molar-refractivity contribution is 5.96. The number of carbonyl (C=O) groups excluding carboxylic acids is 1. The Balaban J connectivity index is 2.30. The number of amides is 1. The molecule has 1 saturated heterocycles. The number of benzene rings is 1. The second kappa shape index (κ2) is 5.76. The van der Waals surface area contributed by atoms with Crippen LogP contribution in [0.3, 0.4) is 0 Å². The molecule has 0 radical (unpaired) electrons. The van der Waals surface area contributed by atoms with Crippen LogP contribution in [0.15, 0.2) is 17.2 Å². The first-order chi connectivity index (χ1) is 9.95. The molecule has 1 aromatic carbocycles. The van der Waals surface area contributed by atoms with Crippen molar-refractivity contribution in [3.63, 3.8) is 0 Å². The van der Waals surface area contributed by atoms with Crippen molar-refractivity contribution >= 4 is 17.6 Å². The van der Waals surface area contributed by atoms with E-state index in [-0.39, 0.29) is 31.1 Å². The number of carboxylic acids is 1. The van der Waals surface area contributed by atoms with Crippen molar-refractivity contribution in [1.82, 2.24) is 0 Å². The summed E-state index contributed by atoms with van der Waals surface area (Å²) in [5, 5.41) is 12.1. The van der Waals surface area contributed by atoms with E-state index in [1.165, 1.54) is 0 Å². The maximum absolute atomic E-state index is 13.9. The van der Waals surface area contributed by atoms with E-state index in [4.69, 9.17) is 10.6 Å². The molecule has 21 heavy (non-hydrogen) atoms. The fraction of sp³-hybridized carbons (Fsp3) is 0.333. The zero-order valence-corrected chi connectivity index (χ0v) is 10.7. The van der Waals surface area contributed by atoms with E-state index in [1.807, 2.05) is 0 Å². The molecular weight excluding hydrogens is 286 g/mol. The number of nitrogens with zero attached hydrogens (tertiary/aromatic N) is 4. The number of carboxylic acid groups (broad SMARTS) is 1. The summed E-state index contributed by atoms with van der Waals surface area (Å²) >= 11 is 0. The van der Waals surface area contributed by atoms with Crippen LogP contribution in [0.1, 0.15) is 16.8 Å². The number of halogens is 2. The van der Waals surface area contributed by atoms with Crippen molar-refractivity contribution < 1.29 is 23.5 Å². The van der Waals surface area contributed by atoms with Crippen molar-refractivity contribution in [1.29, 1.82) is 0 Å². The lowest BCUT2D eigenvalue weighted by molar-refractivity contribution is -0.117. The topological polar surface area (TPSA) is 106 Å². The fourth-order valence-corrected chi connectivity index (χ4v) is 2.20. The summed E-state index contributed by atoms with van der Waals surface area (Å²) in [6, 6.07) is 1.96. The molecule has 0 spiro atoms. The Morgan fingerprint density at radius 2 is 2.19 bits per heavy atom. The Kier molecular flexibility index (Phi) is 4.04. The summed E-state index contributed by atoms with van der Waals surface area (Å²) in [6.07, 6.45) is 0.0563. The normalized spacial score (nSPS) is 17.7. The molecule has 0 aliphatic carbocycles. The average Bonchev–Trinajstić information content (AvgIpc) is 2.80. The van der Waals surface area contributed by atoms with Crippen LogP contribution < -0.4 is 4.90 Å². The molecule has 1 aromatic rings. The molecule has 1 aliphatic rings. The Morgan fingerprint density at radius 3 is 2.81 bits per heavy atom. The minimum atomic E-state index is -1.59. The van der Waals surface area contributed by atoms with E-state index in [2.05, 4.69) is 10.0 Å². The summed E-state index contributed by atoms with van der Waals surface area (Å²) < 4.78 is 27.5. The monoisotopic (exact) mass is 296 g/mol. The lowest BCUT2D eigenvalue weighted by Gasteiger charge is -2.18. The molecule has 1 N–H and O–H groups in total. The van der Waals surface area contributed by atoms with Gasteiger partial charge in [-0.2, -0.15) is 0 Å². The maximum Gasteiger partial charge on any atom is 0.338 e. The zero-order valence-electron chi connectivity index (χ0n) is 10.7. The van der Waals surface area contributed by atoms with Crippen molar-refractivity contribution in [2.75, 3.05) is 18.0 Å². The third-order valence-electron chi connectivity index (χ3n) is 3.19. The predicted octanol–water partition coefficient (Wildman–Crippen LogP) is 2.33. The Labute approximate surface area is 117 Å². The molecule has 7 nitrogen and oxygen atoms in total. The van der Waals surface area contributed by atoms with Gasteiger partial charge in [-0.25, -0.2) is 13.6 Å². The highest BCUT2D eigenvalue weighted by Gasteiger charge is 2.33. The molecule has 0 aromatic heterocycles. The van der Waals surface area contributed by atoms with E-state index in [0.29, 0.717) is 0 Å². The lowest BCUT2D eigenvalue weighted by atomic mass is 10.1. The molecule has 1 fully saturated rings. The standard InChI is InChI=1S/C12H10F2N4O3/c13-10-7(12(20)21)1-2-8(11(10)14)18-5-6(3-9(18)19)4-16-17-15/h1-2,6H,3-5H2,(H,20,21). The zero-order chi connectivity index (χ0) is 15.6. The molecule has 1 aliphatic heterocycles. The largest absolute Gasteiger partial charge is 0.478 e. The van der Waals surface area contributed by atoms with Crippen LogP contribution in [0.2, 0.25) is 0 Å². The van der Waals surface area contributed by atoms with Gasteiger partial charge in [0.2, 0.25) is 5.91 Å². The molecular formula is C12H10F2N4O3. The van der Waals surface area contributed by atoms with E-state index in [0.717, 1.165) is 17.0 Å². The van der Waals surface area contributed by atoms with Crippen LogP contribution in [-0.4, -0.2) is 30.1 Å². The molecule has 9 heteroatoms. The van der Waals surface area contributed by atoms with Crippen LogP contribution in [0.4, 0.5) is 14.5 Å². The molecule has 1 atom stereocenters. The second-order valence-corrected chi connectivity index (χ2v) is 4.55. The van der Waals surface area contributed by atoms with Gasteiger partial charge in [-0.1, -0.05) is 5.11 Å². The molecule has 1 unspecified atom stereocenters. The first-order valence-corrected chi connectivity index (χ1v) is 5.98. The molecule has 0 bridgehead atoms. The van der Waals surface area contributed by atoms with E-state index in [9.17, 15) is 18.4 Å². The molecule has 110 valence electrons. The lowest BCUT2D eigenvalue weighted by Crippen LogP contribution is -2.26. The second-order valence-electron chi connectivity index (χ2n) is 4.55. The highest BCUT2D eigenvalue weighted by atomic mass is 19.2. The van der Waals surface area contributed by atoms with Crippen LogP contribution in [0.25, 0.3) is 10.4 Å². The predicted molar refractivity (Wildman–Crippen MR) is 67.8 cm³/mol. The van der Waals surface area contributed by atoms with E-state index >= 15 is 0 Å². The Hall–Kier alpha value is -2.67. The molecule has 2 rings (SSSR count). The third-order valence-corrected chi connectivity index (χ3v) is 3.19.